The van der Waals surface area contributed by atoms with E-state index in [2.05, 4.69) is 15.5 Å². The topological polar surface area (TPSA) is 86.5 Å². The molecule has 0 unspecified atom stereocenters. The average molecular weight is 379 g/mol. The summed E-state index contributed by atoms with van der Waals surface area (Å²) in [6.45, 7) is 0.395. The molecular weight excluding hydrogens is 358 g/mol. The van der Waals surface area contributed by atoms with Crippen molar-refractivity contribution in [2.24, 2.45) is 0 Å². The van der Waals surface area contributed by atoms with E-state index in [0.717, 1.165) is 29.9 Å². The van der Waals surface area contributed by atoms with Crippen LogP contribution in [0.2, 0.25) is 0 Å². The smallest absolute Gasteiger partial charge is 0.264 e. The van der Waals surface area contributed by atoms with Gasteiger partial charge in [-0.2, -0.15) is 4.98 Å². The first kappa shape index (κ1) is 18.0. The molecule has 4 rings (SSSR count). The number of ether oxygens (including phenoxy) is 2. The summed E-state index contributed by atoms with van der Waals surface area (Å²) in [6.07, 6.45) is 1.65. The lowest BCUT2D eigenvalue weighted by atomic mass is 9.95. The number of para-hydroxylation sites is 1. The van der Waals surface area contributed by atoms with Gasteiger partial charge in [-0.15, -0.1) is 0 Å². The largest absolute Gasteiger partial charge is 0.497 e. The van der Waals surface area contributed by atoms with Crippen LogP contribution in [0, 0.1) is 0 Å². The van der Waals surface area contributed by atoms with E-state index in [-0.39, 0.29) is 19.1 Å². The Hall–Kier alpha value is -3.35. The molecule has 0 radical (unpaired) electrons. The number of nitrogens with one attached hydrogen (secondary N) is 1. The van der Waals surface area contributed by atoms with Gasteiger partial charge in [0.15, 0.2) is 12.4 Å². The molecule has 0 atom stereocenters. The first-order valence-electron chi connectivity index (χ1n) is 9.12. The summed E-state index contributed by atoms with van der Waals surface area (Å²) >= 11 is 0. The fraction of sp³-hybridized carbons (Fsp3) is 0.286. The molecule has 3 aromatic rings. The Kier molecular flexibility index (Phi) is 4.97. The molecule has 28 heavy (non-hydrogen) atoms. The number of rotatable bonds is 8. The van der Waals surface area contributed by atoms with E-state index < -0.39 is 5.41 Å². The van der Waals surface area contributed by atoms with Gasteiger partial charge in [-0.3, -0.25) is 4.79 Å². The van der Waals surface area contributed by atoms with Crippen LogP contribution < -0.4 is 14.8 Å². The summed E-state index contributed by atoms with van der Waals surface area (Å²) in [5.41, 5.74) is 0.533. The summed E-state index contributed by atoms with van der Waals surface area (Å²) < 4.78 is 15.9. The number of aromatic nitrogens is 2. The van der Waals surface area contributed by atoms with Gasteiger partial charge in [0.2, 0.25) is 5.91 Å². The van der Waals surface area contributed by atoms with Crippen molar-refractivity contribution in [3.05, 3.63) is 71.9 Å². The highest BCUT2D eigenvalue weighted by molar-refractivity contribution is 5.91. The van der Waals surface area contributed by atoms with Gasteiger partial charge in [0.25, 0.3) is 5.89 Å². The van der Waals surface area contributed by atoms with Crippen molar-refractivity contribution in [2.45, 2.75) is 31.4 Å². The zero-order valence-electron chi connectivity index (χ0n) is 15.6. The average Bonchev–Trinajstić information content (AvgIpc) is 3.44. The number of carbonyl (C=O) groups excluding carboxylic acids is 1. The third kappa shape index (κ3) is 3.83. The van der Waals surface area contributed by atoms with Crippen molar-refractivity contribution in [2.75, 3.05) is 7.11 Å². The third-order valence-electron chi connectivity index (χ3n) is 4.85. The maximum absolute atomic E-state index is 12.7. The molecule has 2 aromatic carbocycles. The highest BCUT2D eigenvalue weighted by Crippen LogP contribution is 2.48. The Labute approximate surface area is 162 Å². The van der Waals surface area contributed by atoms with E-state index in [0.29, 0.717) is 11.7 Å². The van der Waals surface area contributed by atoms with Crippen LogP contribution in [0.3, 0.4) is 0 Å². The highest BCUT2D eigenvalue weighted by atomic mass is 16.5. The first-order chi connectivity index (χ1) is 13.7. The summed E-state index contributed by atoms with van der Waals surface area (Å²) in [4.78, 5) is 17.0. The second-order valence-electron chi connectivity index (χ2n) is 6.70. The van der Waals surface area contributed by atoms with Crippen molar-refractivity contribution in [1.82, 2.24) is 15.5 Å². The minimum absolute atomic E-state index is 0.0236. The molecule has 1 aromatic heterocycles. The predicted molar refractivity (Wildman–Crippen MR) is 101 cm³/mol. The number of nitrogens with zero attached hydrogens (tertiary/aromatic N) is 2. The van der Waals surface area contributed by atoms with Crippen molar-refractivity contribution in [3.63, 3.8) is 0 Å². The van der Waals surface area contributed by atoms with Crippen molar-refractivity contribution in [3.8, 4) is 11.5 Å². The molecule has 1 fully saturated rings. The maximum atomic E-state index is 12.7. The Morgan fingerprint density at radius 3 is 2.54 bits per heavy atom. The molecule has 0 aliphatic heterocycles. The van der Waals surface area contributed by atoms with Crippen LogP contribution in [0.15, 0.2) is 59.1 Å². The van der Waals surface area contributed by atoms with Gasteiger partial charge in [0.05, 0.1) is 19.1 Å². The van der Waals surface area contributed by atoms with Gasteiger partial charge in [0.1, 0.15) is 11.5 Å². The fourth-order valence-electron chi connectivity index (χ4n) is 3.09. The normalized spacial score (nSPS) is 14.3. The molecule has 1 N–H and O–H groups in total. The van der Waals surface area contributed by atoms with Gasteiger partial charge in [0, 0.05) is 0 Å². The van der Waals surface area contributed by atoms with E-state index in [1.54, 1.807) is 7.11 Å². The van der Waals surface area contributed by atoms with Gasteiger partial charge in [-0.1, -0.05) is 35.5 Å². The molecule has 0 bridgehead atoms. The molecule has 1 aliphatic carbocycles. The van der Waals surface area contributed by atoms with Gasteiger partial charge in [-0.05, 0) is 42.7 Å². The summed E-state index contributed by atoms with van der Waals surface area (Å²) in [5, 5.41) is 6.82. The number of benzene rings is 2. The zero-order chi connectivity index (χ0) is 19.4. The Balaban J connectivity index is 1.32. The van der Waals surface area contributed by atoms with E-state index in [9.17, 15) is 4.79 Å². The molecule has 0 saturated heterocycles. The van der Waals surface area contributed by atoms with Crippen LogP contribution in [-0.4, -0.2) is 23.2 Å². The van der Waals surface area contributed by atoms with Crippen LogP contribution in [0.1, 0.15) is 30.1 Å². The van der Waals surface area contributed by atoms with Crippen LogP contribution in [0.25, 0.3) is 0 Å². The number of hydrogen-bond donors (Lipinski definition) is 1. The van der Waals surface area contributed by atoms with E-state index >= 15 is 0 Å². The summed E-state index contributed by atoms with van der Waals surface area (Å²) in [7, 11) is 1.62. The van der Waals surface area contributed by atoms with E-state index in [4.69, 9.17) is 14.0 Å². The van der Waals surface area contributed by atoms with E-state index in [1.807, 2.05) is 54.6 Å². The van der Waals surface area contributed by atoms with Crippen LogP contribution in [-0.2, 0) is 23.4 Å². The minimum Gasteiger partial charge on any atom is -0.497 e. The van der Waals surface area contributed by atoms with E-state index in [1.165, 1.54) is 0 Å². The molecule has 1 amide bonds. The van der Waals surface area contributed by atoms with Crippen LogP contribution >= 0.6 is 0 Å². The Morgan fingerprint density at radius 1 is 1.11 bits per heavy atom. The predicted octanol–water partition coefficient (Wildman–Crippen LogP) is 3.01. The lowest BCUT2D eigenvalue weighted by Crippen LogP contribution is -2.34. The van der Waals surface area contributed by atoms with Crippen molar-refractivity contribution >= 4 is 5.91 Å². The number of amides is 1. The molecule has 1 saturated carbocycles. The Bertz CT molecular complexity index is 934. The lowest BCUT2D eigenvalue weighted by molar-refractivity contribution is -0.123. The summed E-state index contributed by atoms with van der Waals surface area (Å²) in [6, 6.07) is 17.0. The van der Waals surface area contributed by atoms with Gasteiger partial charge < -0.3 is 19.3 Å². The number of methoxy groups -OCH3 is 1. The monoisotopic (exact) mass is 379 g/mol. The molecule has 0 spiro atoms. The molecule has 1 aliphatic rings. The maximum Gasteiger partial charge on any atom is 0.264 e. The third-order valence-corrected chi connectivity index (χ3v) is 4.85. The second-order valence-corrected chi connectivity index (χ2v) is 6.70. The molecule has 7 nitrogen and oxygen atoms in total. The SMILES string of the molecule is COc1ccc(C2(C(=O)NCc3noc(COc4ccccc4)n3)CC2)cc1. The molecule has 7 heteroatoms. The standard InChI is InChI=1S/C21H21N3O4/c1-26-16-9-7-15(8-10-16)21(11-12-21)20(25)22-13-18-23-19(28-24-18)14-27-17-5-3-2-4-6-17/h2-10H,11-14H2,1H3,(H,22,25). The molecule has 1 heterocycles. The van der Waals surface area contributed by atoms with Crippen molar-refractivity contribution in [1.29, 1.82) is 0 Å². The number of hydrogen-bond acceptors (Lipinski definition) is 6. The van der Waals surface area contributed by atoms with Gasteiger partial charge >= 0.3 is 0 Å². The fourth-order valence-corrected chi connectivity index (χ4v) is 3.09. The van der Waals surface area contributed by atoms with Crippen molar-refractivity contribution < 1.29 is 18.8 Å². The van der Waals surface area contributed by atoms with Crippen LogP contribution in [0.5, 0.6) is 11.5 Å². The first-order valence-corrected chi connectivity index (χ1v) is 9.12. The van der Waals surface area contributed by atoms with Gasteiger partial charge in [-0.25, -0.2) is 0 Å². The zero-order valence-corrected chi connectivity index (χ0v) is 15.6. The number of carbonyl (C=O) groups is 1. The summed E-state index contributed by atoms with van der Waals surface area (Å²) in [5.74, 6) is 2.27. The van der Waals surface area contributed by atoms with Crippen LogP contribution in [0.4, 0.5) is 0 Å². The minimum atomic E-state index is -0.463. The second kappa shape index (κ2) is 7.72. The molecular formula is C21H21N3O4. The molecule has 144 valence electrons. The lowest BCUT2D eigenvalue weighted by Gasteiger charge is -2.15. The quantitative estimate of drug-likeness (QED) is 0.647. The Morgan fingerprint density at radius 2 is 1.86 bits per heavy atom. The highest BCUT2D eigenvalue weighted by Gasteiger charge is 2.51.